The molecule has 0 saturated carbocycles. The lowest BCUT2D eigenvalue weighted by Gasteiger charge is -2.18. The standard InChI is InChI=1S/C69H128O6/c1-4-7-10-13-16-18-20-22-24-26-28-30-31-32-33-34-35-36-37-39-40-42-44-46-48-50-53-56-59-62-68(71)74-65-66(64-73-67(70)61-58-55-52-15-12-9-6-3)75-69(72)63-60-57-54-51-49-47-45-43-41-38-29-27-25-23-21-19-17-14-11-8-5-2/h20,22,26-29,66H,4-19,21,23-25,30-65H2,1-3H3/b22-20-,28-26-,29-27-. The second-order valence-corrected chi connectivity index (χ2v) is 22.7. The summed E-state index contributed by atoms with van der Waals surface area (Å²) in [5.74, 6) is -0.854. The van der Waals surface area contributed by atoms with Crippen molar-refractivity contribution < 1.29 is 28.6 Å². The summed E-state index contributed by atoms with van der Waals surface area (Å²) in [5, 5.41) is 0. The average Bonchev–Trinajstić information content (AvgIpc) is 3.41. The van der Waals surface area contributed by atoms with E-state index >= 15 is 0 Å². The van der Waals surface area contributed by atoms with Crippen molar-refractivity contribution in [2.75, 3.05) is 13.2 Å². The minimum absolute atomic E-state index is 0.0683. The molecule has 0 aliphatic carbocycles. The maximum atomic E-state index is 12.9. The molecule has 0 aromatic rings. The quantitative estimate of drug-likeness (QED) is 0.0261. The number of ether oxygens (including phenoxy) is 3. The SMILES string of the molecule is CCCCCCC/C=C\C/C=C\CCCCCCCCCCCCCCCCCCCC(=O)OCC(COC(=O)CCCCCCCCC)OC(=O)CCCCCCCCCCC/C=C\CCCCCCCCCC. The van der Waals surface area contributed by atoms with Crippen LogP contribution in [-0.4, -0.2) is 37.2 Å². The molecule has 75 heavy (non-hydrogen) atoms. The molecule has 0 N–H and O–H groups in total. The van der Waals surface area contributed by atoms with Gasteiger partial charge in [0.2, 0.25) is 0 Å². The van der Waals surface area contributed by atoms with Gasteiger partial charge in [-0.2, -0.15) is 0 Å². The number of rotatable bonds is 62. The zero-order valence-electron chi connectivity index (χ0n) is 50.6. The van der Waals surface area contributed by atoms with Crippen LogP contribution in [0, 0.1) is 0 Å². The highest BCUT2D eigenvalue weighted by Gasteiger charge is 2.19. The van der Waals surface area contributed by atoms with Gasteiger partial charge in [0, 0.05) is 19.3 Å². The van der Waals surface area contributed by atoms with E-state index in [1.165, 1.54) is 263 Å². The highest BCUT2D eigenvalue weighted by atomic mass is 16.6. The Hall–Kier alpha value is -2.37. The third-order valence-corrected chi connectivity index (χ3v) is 15.1. The smallest absolute Gasteiger partial charge is 0.306 e. The van der Waals surface area contributed by atoms with E-state index in [0.29, 0.717) is 19.3 Å². The van der Waals surface area contributed by atoms with Crippen LogP contribution < -0.4 is 0 Å². The highest BCUT2D eigenvalue weighted by Crippen LogP contribution is 2.18. The summed E-state index contributed by atoms with van der Waals surface area (Å²) >= 11 is 0. The van der Waals surface area contributed by atoms with Gasteiger partial charge in [-0.15, -0.1) is 0 Å². The molecular weight excluding hydrogens is 925 g/mol. The Labute approximate surface area is 467 Å². The molecule has 6 heteroatoms. The van der Waals surface area contributed by atoms with Crippen molar-refractivity contribution in [2.24, 2.45) is 0 Å². The van der Waals surface area contributed by atoms with Gasteiger partial charge < -0.3 is 14.2 Å². The second-order valence-electron chi connectivity index (χ2n) is 22.7. The van der Waals surface area contributed by atoms with Gasteiger partial charge in [-0.25, -0.2) is 0 Å². The molecule has 0 fully saturated rings. The fraction of sp³-hybridized carbons (Fsp3) is 0.870. The minimum atomic E-state index is -0.768. The third-order valence-electron chi connectivity index (χ3n) is 15.1. The van der Waals surface area contributed by atoms with Crippen molar-refractivity contribution in [3.8, 4) is 0 Å². The van der Waals surface area contributed by atoms with Gasteiger partial charge in [-0.1, -0.05) is 308 Å². The minimum Gasteiger partial charge on any atom is -0.462 e. The number of allylic oxidation sites excluding steroid dienone is 6. The van der Waals surface area contributed by atoms with Crippen LogP contribution in [0.3, 0.4) is 0 Å². The summed E-state index contributed by atoms with van der Waals surface area (Å²) in [7, 11) is 0. The van der Waals surface area contributed by atoms with Gasteiger partial charge in [-0.05, 0) is 77.0 Å². The molecule has 1 atom stereocenters. The summed E-state index contributed by atoms with van der Waals surface area (Å²) < 4.78 is 16.9. The molecule has 0 aliphatic heterocycles. The zero-order chi connectivity index (χ0) is 54.3. The van der Waals surface area contributed by atoms with Gasteiger partial charge >= 0.3 is 17.9 Å². The van der Waals surface area contributed by atoms with Crippen LogP contribution in [0.5, 0.6) is 0 Å². The first-order valence-electron chi connectivity index (χ1n) is 33.5. The van der Waals surface area contributed by atoms with Gasteiger partial charge in [0.05, 0.1) is 0 Å². The van der Waals surface area contributed by atoms with E-state index in [4.69, 9.17) is 14.2 Å². The number of carbonyl (C=O) groups excluding carboxylic acids is 3. The molecule has 0 radical (unpaired) electrons. The van der Waals surface area contributed by atoms with Crippen LogP contribution in [0.25, 0.3) is 0 Å². The van der Waals surface area contributed by atoms with Crippen LogP contribution in [0.2, 0.25) is 0 Å². The Balaban J connectivity index is 4.04. The molecule has 0 aromatic heterocycles. The lowest BCUT2D eigenvalue weighted by atomic mass is 10.0. The van der Waals surface area contributed by atoms with E-state index in [9.17, 15) is 14.4 Å². The molecule has 1 unspecified atom stereocenters. The lowest BCUT2D eigenvalue weighted by Crippen LogP contribution is -2.30. The van der Waals surface area contributed by atoms with Gasteiger partial charge in [0.1, 0.15) is 13.2 Å². The molecular formula is C69H128O6. The van der Waals surface area contributed by atoms with Crippen molar-refractivity contribution in [1.29, 1.82) is 0 Å². The first-order chi connectivity index (χ1) is 37.0. The molecule has 0 heterocycles. The monoisotopic (exact) mass is 1050 g/mol. The van der Waals surface area contributed by atoms with E-state index in [-0.39, 0.29) is 31.1 Å². The highest BCUT2D eigenvalue weighted by molar-refractivity contribution is 5.71. The molecule has 0 amide bonds. The lowest BCUT2D eigenvalue weighted by molar-refractivity contribution is -0.167. The van der Waals surface area contributed by atoms with Crippen LogP contribution in [0.15, 0.2) is 36.5 Å². The fourth-order valence-electron chi connectivity index (χ4n) is 10.1. The molecule has 0 saturated heterocycles. The number of carbonyl (C=O) groups is 3. The van der Waals surface area contributed by atoms with E-state index in [0.717, 1.165) is 64.2 Å². The number of unbranched alkanes of at least 4 members (excludes halogenated alkanes) is 45. The van der Waals surface area contributed by atoms with Gasteiger partial charge in [0.25, 0.3) is 0 Å². The number of hydrogen-bond acceptors (Lipinski definition) is 6. The van der Waals surface area contributed by atoms with Crippen molar-refractivity contribution in [3.63, 3.8) is 0 Å². The first-order valence-corrected chi connectivity index (χ1v) is 33.5. The van der Waals surface area contributed by atoms with Gasteiger partial charge in [0.15, 0.2) is 6.10 Å². The van der Waals surface area contributed by atoms with Crippen LogP contribution in [-0.2, 0) is 28.6 Å². The molecule has 440 valence electrons. The Morgan fingerprint density at radius 3 is 0.747 bits per heavy atom. The Kier molecular flexibility index (Phi) is 62.1. The predicted octanol–water partition coefficient (Wildman–Crippen LogP) is 22.8. The summed E-state index contributed by atoms with van der Waals surface area (Å²) in [5.41, 5.74) is 0. The topological polar surface area (TPSA) is 78.9 Å². The molecule has 0 bridgehead atoms. The summed E-state index contributed by atoms with van der Waals surface area (Å²) in [6.07, 6.45) is 79.1. The maximum absolute atomic E-state index is 12.9. The number of esters is 3. The second kappa shape index (κ2) is 64.2. The fourth-order valence-corrected chi connectivity index (χ4v) is 10.1. The molecule has 0 spiro atoms. The molecule has 0 aliphatic rings. The Morgan fingerprint density at radius 1 is 0.267 bits per heavy atom. The zero-order valence-corrected chi connectivity index (χ0v) is 50.6. The first kappa shape index (κ1) is 72.6. The predicted molar refractivity (Wildman–Crippen MR) is 326 cm³/mol. The summed E-state index contributed by atoms with van der Waals surface area (Å²) in [6.45, 7) is 6.64. The van der Waals surface area contributed by atoms with Crippen LogP contribution in [0.4, 0.5) is 0 Å². The third kappa shape index (κ3) is 62.4. The van der Waals surface area contributed by atoms with Crippen molar-refractivity contribution >= 4 is 17.9 Å². The van der Waals surface area contributed by atoms with E-state index in [1.54, 1.807) is 0 Å². The van der Waals surface area contributed by atoms with E-state index in [1.807, 2.05) is 0 Å². The van der Waals surface area contributed by atoms with Crippen molar-refractivity contribution in [1.82, 2.24) is 0 Å². The molecule has 0 rings (SSSR count). The normalized spacial score (nSPS) is 12.2. The largest absolute Gasteiger partial charge is 0.462 e. The summed E-state index contributed by atoms with van der Waals surface area (Å²) in [4.78, 5) is 38.1. The van der Waals surface area contributed by atoms with Crippen LogP contribution in [0.1, 0.15) is 367 Å². The van der Waals surface area contributed by atoms with Crippen molar-refractivity contribution in [3.05, 3.63) is 36.5 Å². The number of hydrogen-bond donors (Lipinski definition) is 0. The average molecular weight is 1050 g/mol. The van der Waals surface area contributed by atoms with E-state index < -0.39 is 6.10 Å². The summed E-state index contributed by atoms with van der Waals surface area (Å²) in [6, 6.07) is 0. The van der Waals surface area contributed by atoms with Gasteiger partial charge in [-0.3, -0.25) is 14.4 Å². The van der Waals surface area contributed by atoms with E-state index in [2.05, 4.69) is 57.2 Å². The van der Waals surface area contributed by atoms with Crippen molar-refractivity contribution in [2.45, 2.75) is 374 Å². The molecule has 6 nitrogen and oxygen atoms in total. The molecule has 0 aromatic carbocycles. The Bertz CT molecular complexity index is 1250. The Morgan fingerprint density at radius 2 is 0.480 bits per heavy atom. The van der Waals surface area contributed by atoms with Crippen LogP contribution >= 0.6 is 0 Å². The maximum Gasteiger partial charge on any atom is 0.306 e.